The number of thiophene rings is 1. The summed E-state index contributed by atoms with van der Waals surface area (Å²) < 4.78 is 1.25. The predicted molar refractivity (Wildman–Crippen MR) is 76.1 cm³/mol. The monoisotopic (exact) mass is 307 g/mol. The average Bonchev–Trinajstić information content (AvgIpc) is 2.64. The molecule has 0 spiro atoms. The Hall–Kier alpha value is 0.490. The molecule has 1 unspecified atom stereocenters. The van der Waals surface area contributed by atoms with Gasteiger partial charge in [0.1, 0.15) is 0 Å². The Morgan fingerprint density at radius 2 is 2.33 bits per heavy atom. The second-order valence-corrected chi connectivity index (χ2v) is 6.27. The second-order valence-electron chi connectivity index (χ2n) is 3.32. The fourth-order valence-electron chi connectivity index (χ4n) is 1.37. The minimum absolute atomic E-state index is 0.501. The highest BCUT2D eigenvalue weighted by molar-refractivity contribution is 9.10. The molecule has 1 aromatic rings. The van der Waals surface area contributed by atoms with Gasteiger partial charge in [0.05, 0.1) is 6.04 Å². The van der Waals surface area contributed by atoms with Crippen LogP contribution in [-0.2, 0) is 0 Å². The SMILES string of the molecule is CCCSCC(NCC)c1sccc1Br. The Balaban J connectivity index is 2.53. The van der Waals surface area contributed by atoms with Gasteiger partial charge >= 0.3 is 0 Å². The van der Waals surface area contributed by atoms with E-state index in [0.29, 0.717) is 6.04 Å². The lowest BCUT2D eigenvalue weighted by Crippen LogP contribution is -2.22. The van der Waals surface area contributed by atoms with Gasteiger partial charge in [0.25, 0.3) is 0 Å². The third kappa shape index (κ3) is 4.47. The van der Waals surface area contributed by atoms with Crippen molar-refractivity contribution in [2.45, 2.75) is 26.3 Å². The van der Waals surface area contributed by atoms with Crippen molar-refractivity contribution in [1.82, 2.24) is 5.32 Å². The van der Waals surface area contributed by atoms with E-state index in [1.165, 1.54) is 27.3 Å². The van der Waals surface area contributed by atoms with Gasteiger partial charge in [-0.25, -0.2) is 0 Å². The number of hydrogen-bond donors (Lipinski definition) is 1. The highest BCUT2D eigenvalue weighted by Gasteiger charge is 2.14. The molecule has 0 aliphatic heterocycles. The Morgan fingerprint density at radius 3 is 2.87 bits per heavy atom. The molecule has 0 saturated carbocycles. The Bertz CT molecular complexity index is 275. The van der Waals surface area contributed by atoms with Crippen LogP contribution in [0.5, 0.6) is 0 Å². The van der Waals surface area contributed by atoms with Gasteiger partial charge in [0.15, 0.2) is 0 Å². The van der Waals surface area contributed by atoms with E-state index in [1.807, 2.05) is 23.1 Å². The molecule has 0 aromatic carbocycles. The van der Waals surface area contributed by atoms with Gasteiger partial charge in [-0.2, -0.15) is 11.8 Å². The summed E-state index contributed by atoms with van der Waals surface area (Å²) in [6, 6.07) is 2.63. The smallest absolute Gasteiger partial charge is 0.0517 e. The summed E-state index contributed by atoms with van der Waals surface area (Å²) >= 11 is 7.47. The van der Waals surface area contributed by atoms with Crippen LogP contribution in [0, 0.1) is 0 Å². The molecule has 1 heterocycles. The fraction of sp³-hybridized carbons (Fsp3) is 0.636. The Morgan fingerprint density at radius 1 is 1.53 bits per heavy atom. The maximum atomic E-state index is 3.61. The van der Waals surface area contributed by atoms with E-state index in [4.69, 9.17) is 0 Å². The zero-order valence-electron chi connectivity index (χ0n) is 9.25. The molecule has 0 amide bonds. The largest absolute Gasteiger partial charge is 0.309 e. The number of thioether (sulfide) groups is 1. The van der Waals surface area contributed by atoms with Crippen molar-refractivity contribution in [1.29, 1.82) is 0 Å². The molecule has 15 heavy (non-hydrogen) atoms. The lowest BCUT2D eigenvalue weighted by Gasteiger charge is -2.16. The summed E-state index contributed by atoms with van der Waals surface area (Å²) in [7, 11) is 0. The zero-order chi connectivity index (χ0) is 11.1. The first kappa shape index (κ1) is 13.6. The number of hydrogen-bond acceptors (Lipinski definition) is 3. The molecule has 4 heteroatoms. The van der Waals surface area contributed by atoms with Crippen molar-refractivity contribution >= 4 is 39.0 Å². The normalized spacial score (nSPS) is 13.0. The molecule has 0 saturated heterocycles. The van der Waals surface area contributed by atoms with E-state index >= 15 is 0 Å². The van der Waals surface area contributed by atoms with Crippen LogP contribution in [0.1, 0.15) is 31.2 Å². The van der Waals surface area contributed by atoms with Gasteiger partial charge in [-0.1, -0.05) is 13.8 Å². The highest BCUT2D eigenvalue weighted by Crippen LogP contribution is 2.31. The molecule has 1 aromatic heterocycles. The number of halogens is 1. The molecular weight excluding hydrogens is 290 g/mol. The van der Waals surface area contributed by atoms with Gasteiger partial charge in [-0.3, -0.25) is 0 Å². The van der Waals surface area contributed by atoms with Crippen molar-refractivity contribution < 1.29 is 0 Å². The van der Waals surface area contributed by atoms with Crippen LogP contribution < -0.4 is 5.32 Å². The summed E-state index contributed by atoms with van der Waals surface area (Å²) in [4.78, 5) is 1.43. The van der Waals surface area contributed by atoms with Crippen LogP contribution in [0.3, 0.4) is 0 Å². The van der Waals surface area contributed by atoms with Crippen LogP contribution in [0.2, 0.25) is 0 Å². The van der Waals surface area contributed by atoms with Crippen LogP contribution >= 0.6 is 39.0 Å². The average molecular weight is 308 g/mol. The molecule has 0 radical (unpaired) electrons. The fourth-order valence-corrected chi connectivity index (χ4v) is 4.18. The second kappa shape index (κ2) is 7.71. The zero-order valence-corrected chi connectivity index (χ0v) is 12.5. The maximum Gasteiger partial charge on any atom is 0.0517 e. The topological polar surface area (TPSA) is 12.0 Å². The number of nitrogens with one attached hydrogen (secondary N) is 1. The molecule has 0 aliphatic rings. The molecule has 0 aliphatic carbocycles. The lowest BCUT2D eigenvalue weighted by molar-refractivity contribution is 0.613. The molecular formula is C11H18BrNS2. The first-order chi connectivity index (χ1) is 7.29. The van der Waals surface area contributed by atoms with Gasteiger partial charge in [-0.05, 0) is 46.1 Å². The Kier molecular flexibility index (Phi) is 6.97. The molecule has 1 nitrogen and oxygen atoms in total. The van der Waals surface area contributed by atoms with Crippen LogP contribution in [0.25, 0.3) is 0 Å². The van der Waals surface area contributed by atoms with Crippen LogP contribution in [0.15, 0.2) is 15.9 Å². The minimum Gasteiger partial charge on any atom is -0.309 e. The van der Waals surface area contributed by atoms with E-state index < -0.39 is 0 Å². The summed E-state index contributed by atoms with van der Waals surface area (Å²) in [5.74, 6) is 2.42. The van der Waals surface area contributed by atoms with Gasteiger partial charge in [0, 0.05) is 15.1 Å². The molecule has 1 rings (SSSR count). The first-order valence-corrected chi connectivity index (χ1v) is 8.16. The third-order valence-electron chi connectivity index (χ3n) is 2.04. The predicted octanol–water partition coefficient (Wildman–Crippen LogP) is 4.30. The van der Waals surface area contributed by atoms with E-state index in [9.17, 15) is 0 Å². The van der Waals surface area contributed by atoms with Crippen molar-refractivity contribution in [2.24, 2.45) is 0 Å². The molecule has 86 valence electrons. The van der Waals surface area contributed by atoms with Crippen molar-refractivity contribution in [2.75, 3.05) is 18.1 Å². The number of rotatable bonds is 7. The van der Waals surface area contributed by atoms with Gasteiger partial charge < -0.3 is 5.32 Å². The van der Waals surface area contributed by atoms with E-state index in [0.717, 1.165) is 6.54 Å². The van der Waals surface area contributed by atoms with Gasteiger partial charge in [-0.15, -0.1) is 11.3 Å². The Labute approximate surface area is 109 Å². The highest BCUT2D eigenvalue weighted by atomic mass is 79.9. The van der Waals surface area contributed by atoms with Crippen molar-refractivity contribution in [3.63, 3.8) is 0 Å². The third-order valence-corrected chi connectivity index (χ3v) is 5.30. The summed E-state index contributed by atoms with van der Waals surface area (Å²) in [5.41, 5.74) is 0. The van der Waals surface area contributed by atoms with E-state index in [1.54, 1.807) is 0 Å². The summed E-state index contributed by atoms with van der Waals surface area (Å²) in [6.07, 6.45) is 1.26. The van der Waals surface area contributed by atoms with E-state index in [-0.39, 0.29) is 0 Å². The summed E-state index contributed by atoms with van der Waals surface area (Å²) in [5, 5.41) is 5.69. The first-order valence-electron chi connectivity index (χ1n) is 5.33. The van der Waals surface area contributed by atoms with Crippen molar-refractivity contribution in [3.8, 4) is 0 Å². The molecule has 1 atom stereocenters. The molecule has 1 N–H and O–H groups in total. The van der Waals surface area contributed by atoms with Crippen LogP contribution in [-0.4, -0.2) is 18.1 Å². The maximum absolute atomic E-state index is 3.61. The standard InChI is InChI=1S/C11H18BrNS2/c1-3-6-14-8-10(13-4-2)11-9(12)5-7-15-11/h5,7,10,13H,3-4,6,8H2,1-2H3. The lowest BCUT2D eigenvalue weighted by atomic mass is 10.3. The minimum atomic E-state index is 0.501. The van der Waals surface area contributed by atoms with Gasteiger partial charge in [0.2, 0.25) is 0 Å². The molecule has 0 bridgehead atoms. The van der Waals surface area contributed by atoms with Crippen molar-refractivity contribution in [3.05, 3.63) is 20.8 Å². The molecule has 0 fully saturated rings. The quantitative estimate of drug-likeness (QED) is 0.754. The summed E-state index contributed by atoms with van der Waals surface area (Å²) in [6.45, 7) is 5.43. The van der Waals surface area contributed by atoms with Crippen LogP contribution in [0.4, 0.5) is 0 Å². The van der Waals surface area contributed by atoms with E-state index in [2.05, 4.69) is 46.5 Å².